The Bertz CT molecular complexity index is 290. The molecule has 0 amide bonds. The Kier molecular flexibility index (Phi) is 3.03. The van der Waals surface area contributed by atoms with Gasteiger partial charge in [0, 0.05) is 6.04 Å². The molecule has 2 heterocycles. The topological polar surface area (TPSA) is 12.5 Å². The van der Waals surface area contributed by atoms with Gasteiger partial charge in [0.05, 0.1) is 18.8 Å². The Morgan fingerprint density at radius 1 is 1.24 bits per heavy atom. The number of hydrogen-bond acceptors (Lipinski definition) is 2. The van der Waals surface area contributed by atoms with Crippen molar-refractivity contribution in [3.8, 4) is 0 Å². The van der Waals surface area contributed by atoms with E-state index < -0.39 is 0 Å². The molecule has 1 saturated carbocycles. The van der Waals surface area contributed by atoms with Crippen LogP contribution in [0.15, 0.2) is 0 Å². The van der Waals surface area contributed by atoms with Gasteiger partial charge in [0.25, 0.3) is 0 Å². The third-order valence-corrected chi connectivity index (χ3v) is 5.57. The molecule has 3 aliphatic rings. The number of ether oxygens (including phenoxy) is 1. The minimum Gasteiger partial charge on any atom is -0.377 e. The van der Waals surface area contributed by atoms with Gasteiger partial charge in [-0.05, 0) is 45.1 Å². The standard InChI is InChI=1S/C14H26BNO/c1-10(2)16-6-5-11-7-12(15)3-4-13(11)14(16)8-17-9-14/h10-13H,3-9,15H2,1-2H3. The summed E-state index contributed by atoms with van der Waals surface area (Å²) in [6.45, 7) is 8.01. The van der Waals surface area contributed by atoms with Crippen LogP contribution in [0, 0.1) is 11.8 Å². The van der Waals surface area contributed by atoms with Gasteiger partial charge in [-0.15, -0.1) is 0 Å². The van der Waals surface area contributed by atoms with Crippen LogP contribution in [0.4, 0.5) is 0 Å². The molecular weight excluding hydrogens is 209 g/mol. The van der Waals surface area contributed by atoms with Crippen LogP contribution in [-0.4, -0.2) is 44.1 Å². The first-order valence-corrected chi connectivity index (χ1v) is 7.48. The van der Waals surface area contributed by atoms with Crippen molar-refractivity contribution in [2.45, 2.75) is 56.9 Å². The van der Waals surface area contributed by atoms with Gasteiger partial charge in [-0.2, -0.15) is 0 Å². The molecule has 3 atom stereocenters. The van der Waals surface area contributed by atoms with Gasteiger partial charge >= 0.3 is 0 Å². The van der Waals surface area contributed by atoms with Crippen LogP contribution in [0.1, 0.15) is 39.5 Å². The van der Waals surface area contributed by atoms with Crippen LogP contribution in [-0.2, 0) is 4.74 Å². The molecular formula is C14H26BNO. The molecule has 3 rings (SSSR count). The van der Waals surface area contributed by atoms with E-state index >= 15 is 0 Å². The second-order valence-corrected chi connectivity index (χ2v) is 6.96. The summed E-state index contributed by atoms with van der Waals surface area (Å²) in [6.07, 6.45) is 5.78. The average Bonchev–Trinajstić information content (AvgIpc) is 2.24. The molecule has 3 heteroatoms. The highest BCUT2D eigenvalue weighted by Crippen LogP contribution is 2.51. The van der Waals surface area contributed by atoms with Gasteiger partial charge in [0.2, 0.25) is 0 Å². The van der Waals surface area contributed by atoms with Crippen LogP contribution < -0.4 is 0 Å². The maximum Gasteiger partial charge on any atom is 0.105 e. The molecule has 0 radical (unpaired) electrons. The smallest absolute Gasteiger partial charge is 0.105 e. The molecule has 3 unspecified atom stereocenters. The molecule has 0 bridgehead atoms. The van der Waals surface area contributed by atoms with E-state index in [1.165, 1.54) is 32.2 Å². The van der Waals surface area contributed by atoms with Gasteiger partial charge in [-0.1, -0.05) is 18.7 Å². The van der Waals surface area contributed by atoms with Gasteiger partial charge in [-0.3, -0.25) is 4.90 Å². The van der Waals surface area contributed by atoms with Crippen molar-refractivity contribution in [2.24, 2.45) is 11.8 Å². The van der Waals surface area contributed by atoms with E-state index in [-0.39, 0.29) is 0 Å². The van der Waals surface area contributed by atoms with E-state index in [0.29, 0.717) is 11.6 Å². The summed E-state index contributed by atoms with van der Waals surface area (Å²) in [5.74, 6) is 2.86. The third kappa shape index (κ3) is 1.77. The molecule has 1 spiro atoms. The summed E-state index contributed by atoms with van der Waals surface area (Å²) in [5.41, 5.74) is 0.428. The van der Waals surface area contributed by atoms with Crippen molar-refractivity contribution >= 4 is 7.85 Å². The Labute approximate surface area is 106 Å². The van der Waals surface area contributed by atoms with Crippen LogP contribution in [0.25, 0.3) is 0 Å². The minimum absolute atomic E-state index is 0.428. The summed E-state index contributed by atoms with van der Waals surface area (Å²) in [4.78, 5) is 2.76. The zero-order chi connectivity index (χ0) is 12.0. The first kappa shape index (κ1) is 12.0. The molecule has 2 nitrogen and oxygen atoms in total. The third-order valence-electron chi connectivity index (χ3n) is 5.57. The largest absolute Gasteiger partial charge is 0.377 e. The van der Waals surface area contributed by atoms with E-state index in [2.05, 4.69) is 26.6 Å². The Morgan fingerprint density at radius 2 is 2.00 bits per heavy atom. The number of hydrogen-bond donors (Lipinski definition) is 0. The summed E-state index contributed by atoms with van der Waals surface area (Å²) in [5, 5.41) is 0. The lowest BCUT2D eigenvalue weighted by Crippen LogP contribution is -2.72. The summed E-state index contributed by atoms with van der Waals surface area (Å²) >= 11 is 0. The fraction of sp³-hybridized carbons (Fsp3) is 1.00. The van der Waals surface area contributed by atoms with E-state index in [1.54, 1.807) is 0 Å². The van der Waals surface area contributed by atoms with E-state index in [4.69, 9.17) is 4.74 Å². The monoisotopic (exact) mass is 235 g/mol. The first-order valence-electron chi connectivity index (χ1n) is 7.48. The fourth-order valence-electron chi connectivity index (χ4n) is 4.73. The molecule has 2 saturated heterocycles. The Hall–Kier alpha value is -0.0151. The second-order valence-electron chi connectivity index (χ2n) is 6.96. The lowest BCUT2D eigenvalue weighted by Gasteiger charge is -2.62. The van der Waals surface area contributed by atoms with Crippen molar-refractivity contribution in [3.05, 3.63) is 0 Å². The number of fused-ring (bicyclic) bond motifs is 2. The summed E-state index contributed by atoms with van der Waals surface area (Å²) in [6, 6.07) is 0.680. The Morgan fingerprint density at radius 3 is 2.59 bits per heavy atom. The van der Waals surface area contributed by atoms with Crippen molar-refractivity contribution < 1.29 is 4.74 Å². The highest BCUT2D eigenvalue weighted by Gasteiger charge is 2.56. The van der Waals surface area contributed by atoms with E-state index in [0.717, 1.165) is 30.9 Å². The predicted octanol–water partition coefficient (Wildman–Crippen LogP) is 1.71. The van der Waals surface area contributed by atoms with Crippen molar-refractivity contribution in [2.75, 3.05) is 19.8 Å². The molecule has 0 aromatic rings. The highest BCUT2D eigenvalue weighted by molar-refractivity contribution is 6.11. The highest BCUT2D eigenvalue weighted by atomic mass is 16.5. The summed E-state index contributed by atoms with van der Waals surface area (Å²) in [7, 11) is 2.44. The van der Waals surface area contributed by atoms with Crippen LogP contribution in [0.5, 0.6) is 0 Å². The lowest BCUT2D eigenvalue weighted by molar-refractivity contribution is -0.212. The van der Waals surface area contributed by atoms with E-state index in [9.17, 15) is 0 Å². The van der Waals surface area contributed by atoms with Gasteiger partial charge in [0.15, 0.2) is 0 Å². The van der Waals surface area contributed by atoms with Crippen LogP contribution in [0.2, 0.25) is 5.82 Å². The SMILES string of the molecule is BC1CCC2C(CCN(C(C)C)C23COC3)C1. The molecule has 96 valence electrons. The molecule has 3 fully saturated rings. The molecule has 0 aromatic heterocycles. The minimum atomic E-state index is 0.428. The lowest BCUT2D eigenvalue weighted by atomic mass is 9.57. The zero-order valence-electron chi connectivity index (χ0n) is 11.6. The maximum absolute atomic E-state index is 5.63. The quantitative estimate of drug-likeness (QED) is 0.641. The number of likely N-dealkylation sites (tertiary alicyclic amines) is 1. The van der Waals surface area contributed by atoms with Crippen LogP contribution >= 0.6 is 0 Å². The molecule has 17 heavy (non-hydrogen) atoms. The predicted molar refractivity (Wildman–Crippen MR) is 73.1 cm³/mol. The normalized spacial score (nSPS) is 41.2. The number of rotatable bonds is 1. The molecule has 0 aromatic carbocycles. The maximum atomic E-state index is 5.63. The van der Waals surface area contributed by atoms with Crippen LogP contribution in [0.3, 0.4) is 0 Å². The first-order chi connectivity index (χ1) is 8.13. The number of nitrogens with zero attached hydrogens (tertiary/aromatic N) is 1. The summed E-state index contributed by atoms with van der Waals surface area (Å²) < 4.78 is 5.63. The molecule has 2 aliphatic heterocycles. The van der Waals surface area contributed by atoms with Crippen molar-refractivity contribution in [1.29, 1.82) is 0 Å². The zero-order valence-corrected chi connectivity index (χ0v) is 11.6. The Balaban J connectivity index is 1.83. The van der Waals surface area contributed by atoms with Gasteiger partial charge < -0.3 is 4.74 Å². The van der Waals surface area contributed by atoms with Gasteiger partial charge in [0.1, 0.15) is 7.85 Å². The second kappa shape index (κ2) is 4.27. The van der Waals surface area contributed by atoms with Crippen molar-refractivity contribution in [3.63, 3.8) is 0 Å². The molecule has 1 aliphatic carbocycles. The fourth-order valence-corrected chi connectivity index (χ4v) is 4.73. The van der Waals surface area contributed by atoms with Gasteiger partial charge in [-0.25, -0.2) is 0 Å². The molecule has 0 N–H and O–H groups in total. The van der Waals surface area contributed by atoms with E-state index in [1.807, 2.05) is 0 Å². The average molecular weight is 235 g/mol. The number of piperidine rings is 1. The van der Waals surface area contributed by atoms with Crippen molar-refractivity contribution in [1.82, 2.24) is 4.90 Å².